The fourth-order valence-corrected chi connectivity index (χ4v) is 3.87. The number of hydrogen-bond donors (Lipinski definition) is 1. The monoisotopic (exact) mass is 418 g/mol. The van der Waals surface area contributed by atoms with Gasteiger partial charge in [0.05, 0.1) is 30.4 Å². The number of fused-ring (bicyclic) bond motifs is 2. The fourth-order valence-electron chi connectivity index (χ4n) is 3.87. The summed E-state index contributed by atoms with van der Waals surface area (Å²) in [5.74, 6) is -0.0665. The van der Waals surface area contributed by atoms with Gasteiger partial charge in [0, 0.05) is 43.4 Å². The van der Waals surface area contributed by atoms with Crippen LogP contribution in [0.1, 0.15) is 18.4 Å². The third-order valence-corrected chi connectivity index (χ3v) is 5.47. The third kappa shape index (κ3) is 4.51. The lowest BCUT2D eigenvalue weighted by Crippen LogP contribution is -2.22. The van der Waals surface area contributed by atoms with Crippen molar-refractivity contribution < 1.29 is 9.53 Å². The zero-order valence-electron chi connectivity index (χ0n) is 17.8. The molecule has 0 fully saturated rings. The molecule has 7 nitrogen and oxygen atoms in total. The first-order valence-electron chi connectivity index (χ1n) is 10.4. The van der Waals surface area contributed by atoms with Crippen LogP contribution in [0.25, 0.3) is 21.8 Å². The van der Waals surface area contributed by atoms with E-state index in [1.54, 1.807) is 25.3 Å². The second-order valence-corrected chi connectivity index (χ2v) is 7.65. The van der Waals surface area contributed by atoms with Crippen molar-refractivity contribution in [2.45, 2.75) is 25.8 Å². The molecular weight excluding hydrogens is 392 g/mol. The van der Waals surface area contributed by atoms with Gasteiger partial charge in [-0.15, -0.1) is 0 Å². The van der Waals surface area contributed by atoms with E-state index in [0.29, 0.717) is 36.2 Å². The Balaban J connectivity index is 1.41. The Labute approximate surface area is 180 Å². The van der Waals surface area contributed by atoms with Gasteiger partial charge < -0.3 is 14.6 Å². The van der Waals surface area contributed by atoms with E-state index < -0.39 is 0 Å². The quantitative estimate of drug-likeness (QED) is 0.475. The van der Waals surface area contributed by atoms with Crippen molar-refractivity contribution in [3.63, 3.8) is 0 Å². The lowest BCUT2D eigenvalue weighted by atomic mass is 10.1. The molecule has 0 spiro atoms. The summed E-state index contributed by atoms with van der Waals surface area (Å²) in [5, 5.41) is 4.62. The highest BCUT2D eigenvalue weighted by molar-refractivity contribution is 5.93. The number of nitrogens with zero attached hydrogens (tertiary/aromatic N) is 3. The number of methoxy groups -OCH3 is 1. The minimum absolute atomic E-state index is 0.0665. The van der Waals surface area contributed by atoms with Gasteiger partial charge in [-0.2, -0.15) is 0 Å². The maximum absolute atomic E-state index is 12.7. The molecule has 4 aromatic rings. The molecule has 0 atom stereocenters. The third-order valence-electron chi connectivity index (χ3n) is 5.47. The summed E-state index contributed by atoms with van der Waals surface area (Å²) in [6.45, 7) is 0.864. The van der Waals surface area contributed by atoms with Crippen LogP contribution in [-0.4, -0.2) is 33.7 Å². The summed E-state index contributed by atoms with van der Waals surface area (Å²) in [6, 6.07) is 13.5. The molecule has 0 saturated heterocycles. The van der Waals surface area contributed by atoms with Crippen LogP contribution in [0.3, 0.4) is 0 Å². The maximum Gasteiger partial charge on any atom is 0.261 e. The van der Waals surface area contributed by atoms with E-state index in [2.05, 4.69) is 33.2 Å². The highest BCUT2D eigenvalue weighted by Gasteiger charge is 2.10. The van der Waals surface area contributed by atoms with Gasteiger partial charge in [0.25, 0.3) is 5.56 Å². The van der Waals surface area contributed by atoms with Crippen molar-refractivity contribution in [3.8, 4) is 0 Å². The molecule has 4 rings (SSSR count). The largest absolute Gasteiger partial charge is 0.383 e. The highest BCUT2D eigenvalue weighted by Crippen LogP contribution is 2.22. The van der Waals surface area contributed by atoms with Gasteiger partial charge in [0.1, 0.15) is 0 Å². The Morgan fingerprint density at radius 1 is 1.16 bits per heavy atom. The first-order chi connectivity index (χ1) is 15.1. The summed E-state index contributed by atoms with van der Waals surface area (Å²) >= 11 is 0. The topological polar surface area (TPSA) is 78.2 Å². The molecular formula is C24H26N4O3. The number of benzene rings is 2. The molecule has 0 radical (unpaired) electrons. The van der Waals surface area contributed by atoms with Crippen LogP contribution in [0, 0.1) is 0 Å². The number of carbonyl (C=O) groups is 1. The maximum atomic E-state index is 12.7. The normalized spacial score (nSPS) is 11.3. The van der Waals surface area contributed by atoms with Crippen LogP contribution < -0.4 is 10.9 Å². The van der Waals surface area contributed by atoms with E-state index in [9.17, 15) is 9.59 Å². The van der Waals surface area contributed by atoms with Crippen LogP contribution in [0.15, 0.2) is 59.8 Å². The van der Waals surface area contributed by atoms with Crippen LogP contribution in [0.2, 0.25) is 0 Å². The van der Waals surface area contributed by atoms with Crippen molar-refractivity contribution in [1.29, 1.82) is 0 Å². The Hall–Kier alpha value is -3.45. The van der Waals surface area contributed by atoms with Gasteiger partial charge in [-0.25, -0.2) is 4.98 Å². The second kappa shape index (κ2) is 9.14. The average molecular weight is 418 g/mol. The zero-order valence-corrected chi connectivity index (χ0v) is 17.8. The summed E-state index contributed by atoms with van der Waals surface area (Å²) in [5.41, 5.74) is 3.51. The van der Waals surface area contributed by atoms with E-state index in [1.807, 2.05) is 19.2 Å². The number of anilines is 1. The molecule has 0 unspecified atom stereocenters. The number of carbonyl (C=O) groups excluding carboxylic acids is 1. The summed E-state index contributed by atoms with van der Waals surface area (Å²) in [7, 11) is 3.63. The molecule has 2 aromatic carbocycles. The van der Waals surface area contributed by atoms with Crippen LogP contribution in [0.4, 0.5) is 5.69 Å². The summed E-state index contributed by atoms with van der Waals surface area (Å²) < 4.78 is 8.67. The summed E-state index contributed by atoms with van der Waals surface area (Å²) in [4.78, 5) is 29.4. The van der Waals surface area contributed by atoms with E-state index in [0.717, 1.165) is 12.8 Å². The lowest BCUT2D eigenvalue weighted by molar-refractivity contribution is -0.116. The number of ether oxygens (including phenoxy) is 1. The van der Waals surface area contributed by atoms with Crippen molar-refractivity contribution in [1.82, 2.24) is 14.1 Å². The number of rotatable bonds is 8. The number of para-hydroxylation sites is 1. The molecule has 0 bridgehead atoms. The molecule has 0 aliphatic heterocycles. The van der Waals surface area contributed by atoms with E-state index >= 15 is 0 Å². The van der Waals surface area contributed by atoms with Crippen LogP contribution >= 0.6 is 0 Å². The molecule has 1 amide bonds. The molecule has 2 aromatic heterocycles. The number of hydrogen-bond acceptors (Lipinski definition) is 4. The number of amides is 1. The Kier molecular flexibility index (Phi) is 6.13. The van der Waals surface area contributed by atoms with Crippen molar-refractivity contribution in [2.24, 2.45) is 7.05 Å². The smallest absolute Gasteiger partial charge is 0.261 e. The van der Waals surface area contributed by atoms with Gasteiger partial charge in [0.15, 0.2) is 0 Å². The number of aryl methyl sites for hydroxylation is 2. The minimum atomic E-state index is -0.144. The highest BCUT2D eigenvalue weighted by atomic mass is 16.5. The fraction of sp³-hybridized carbons (Fsp3) is 0.292. The van der Waals surface area contributed by atoms with Crippen LogP contribution in [0.5, 0.6) is 0 Å². The predicted octanol–water partition coefficient (Wildman–Crippen LogP) is 3.50. The number of aromatic nitrogens is 3. The van der Waals surface area contributed by atoms with Gasteiger partial charge in [-0.1, -0.05) is 18.2 Å². The minimum Gasteiger partial charge on any atom is -0.383 e. The molecule has 31 heavy (non-hydrogen) atoms. The molecule has 0 saturated carbocycles. The molecule has 160 valence electrons. The SMILES string of the molecule is COCCn1cnc2ccc(NC(=O)CCCc3cn(C)c4ccccc34)cc2c1=O. The second-order valence-electron chi connectivity index (χ2n) is 7.65. The standard InChI is InChI=1S/C24H26N4O3/c1-27-15-17(19-7-3-4-8-22(19)27)6-5-9-23(29)26-18-10-11-21-20(14-18)24(30)28(16-25-21)12-13-31-2/h3-4,7-8,10-11,14-16H,5-6,9,12-13H2,1-2H3,(H,26,29). The molecule has 1 N–H and O–H groups in total. The Morgan fingerprint density at radius 2 is 2.00 bits per heavy atom. The van der Waals surface area contributed by atoms with Gasteiger partial charge in [-0.3, -0.25) is 14.2 Å². The van der Waals surface area contributed by atoms with Gasteiger partial charge in [0.2, 0.25) is 5.91 Å². The molecule has 0 aliphatic rings. The van der Waals surface area contributed by atoms with E-state index in [4.69, 9.17) is 4.74 Å². The first kappa shape index (κ1) is 20.8. The molecule has 7 heteroatoms. The lowest BCUT2D eigenvalue weighted by Gasteiger charge is -2.08. The van der Waals surface area contributed by atoms with Gasteiger partial charge in [-0.05, 0) is 42.7 Å². The zero-order chi connectivity index (χ0) is 21.8. The predicted molar refractivity (Wildman–Crippen MR) is 122 cm³/mol. The summed E-state index contributed by atoms with van der Waals surface area (Å²) in [6.07, 6.45) is 5.65. The van der Waals surface area contributed by atoms with Crippen molar-refractivity contribution in [2.75, 3.05) is 19.0 Å². The van der Waals surface area contributed by atoms with Gasteiger partial charge >= 0.3 is 0 Å². The Bertz CT molecular complexity index is 1290. The molecule has 2 heterocycles. The van der Waals surface area contributed by atoms with Crippen molar-refractivity contribution >= 4 is 33.4 Å². The van der Waals surface area contributed by atoms with E-state index in [-0.39, 0.29) is 11.5 Å². The first-order valence-corrected chi connectivity index (χ1v) is 10.4. The van der Waals surface area contributed by atoms with Crippen molar-refractivity contribution in [3.05, 3.63) is 70.9 Å². The molecule has 0 aliphatic carbocycles. The Morgan fingerprint density at radius 3 is 2.84 bits per heavy atom. The van der Waals surface area contributed by atoms with Crippen LogP contribution in [-0.2, 0) is 29.5 Å². The number of nitrogens with one attached hydrogen (secondary N) is 1. The van der Waals surface area contributed by atoms with E-state index in [1.165, 1.54) is 27.4 Å². The average Bonchev–Trinajstić information content (AvgIpc) is 3.09.